The Kier molecular flexibility index (Phi) is 7.39. The average Bonchev–Trinajstić information content (AvgIpc) is 3.83. The largest absolute Gasteiger partial charge is 0.456 e. The van der Waals surface area contributed by atoms with Gasteiger partial charge in [-0.1, -0.05) is 146 Å². The van der Waals surface area contributed by atoms with E-state index < -0.39 is 0 Å². The van der Waals surface area contributed by atoms with Crippen LogP contribution in [0.15, 0.2) is 205 Å². The zero-order valence-electron chi connectivity index (χ0n) is 29.8. The predicted octanol–water partition coefficient (Wildman–Crippen LogP) is 15.6. The Labute approximate surface area is 322 Å². The van der Waals surface area contributed by atoms with Crippen LogP contribution in [0, 0.1) is 0 Å². The van der Waals surface area contributed by atoms with E-state index >= 15 is 0 Å². The molecule has 9 aromatic carbocycles. The molecule has 0 atom stereocenters. The first-order valence-corrected chi connectivity index (χ1v) is 19.5. The molecule has 0 radical (unpaired) electrons. The molecule has 0 saturated carbocycles. The van der Waals surface area contributed by atoms with E-state index in [-0.39, 0.29) is 0 Å². The Morgan fingerprint density at radius 3 is 1.95 bits per heavy atom. The number of anilines is 3. The molecular weight excluding hydrogens is 687 g/mol. The van der Waals surface area contributed by atoms with Crippen molar-refractivity contribution in [3.8, 4) is 33.4 Å². The molecule has 2 nitrogen and oxygen atoms in total. The van der Waals surface area contributed by atoms with E-state index in [1.807, 2.05) is 23.5 Å². The highest BCUT2D eigenvalue weighted by atomic mass is 32.1. The number of nitrogens with zero attached hydrogens (tertiary/aromatic N) is 1. The highest BCUT2D eigenvalue weighted by molar-refractivity contribution is 7.26. The summed E-state index contributed by atoms with van der Waals surface area (Å²) in [5.41, 5.74) is 12.2. The Morgan fingerprint density at radius 2 is 1.02 bits per heavy atom. The number of para-hydroxylation sites is 1. The fourth-order valence-electron chi connectivity index (χ4n) is 8.17. The average molecular weight is 720 g/mol. The second kappa shape index (κ2) is 12.9. The lowest BCUT2D eigenvalue weighted by molar-refractivity contribution is 0.669. The molecule has 2 aromatic heterocycles. The molecule has 0 amide bonds. The number of hydrogen-bond donors (Lipinski definition) is 0. The van der Waals surface area contributed by atoms with Crippen LogP contribution >= 0.6 is 11.3 Å². The molecule has 2 heterocycles. The number of thiophene rings is 1. The van der Waals surface area contributed by atoms with E-state index in [0.29, 0.717) is 0 Å². The van der Waals surface area contributed by atoms with Crippen LogP contribution in [0.25, 0.3) is 86.3 Å². The van der Waals surface area contributed by atoms with Gasteiger partial charge < -0.3 is 9.32 Å². The summed E-state index contributed by atoms with van der Waals surface area (Å²) in [5, 5.41) is 7.28. The summed E-state index contributed by atoms with van der Waals surface area (Å²) >= 11 is 1.86. The maximum atomic E-state index is 6.21. The third-order valence-electron chi connectivity index (χ3n) is 10.8. The third-order valence-corrected chi connectivity index (χ3v) is 12.1. The molecule has 55 heavy (non-hydrogen) atoms. The van der Waals surface area contributed by atoms with Crippen LogP contribution in [0.5, 0.6) is 0 Å². The second-order valence-electron chi connectivity index (χ2n) is 14.1. The number of furan rings is 1. The molecule has 0 aliphatic heterocycles. The highest BCUT2D eigenvalue weighted by Gasteiger charge is 2.22. The third kappa shape index (κ3) is 5.40. The highest BCUT2D eigenvalue weighted by Crippen LogP contribution is 2.48. The SMILES string of the molecule is c1ccc(-c2ccc(-c3ccc4ccccc4c3)cc2N(c2cccc(-c3ccc4oc5ccccc5c4c3)c2)c2cccc3c2sc2ccccc23)cc1. The van der Waals surface area contributed by atoms with Crippen LogP contribution in [-0.4, -0.2) is 0 Å². The van der Waals surface area contributed by atoms with Gasteiger partial charge in [-0.2, -0.15) is 0 Å². The first-order valence-electron chi connectivity index (χ1n) is 18.7. The molecular formula is C52H33NOS. The molecule has 0 aliphatic rings. The minimum absolute atomic E-state index is 0.900. The Morgan fingerprint density at radius 1 is 0.364 bits per heavy atom. The minimum atomic E-state index is 0.900. The summed E-state index contributed by atoms with van der Waals surface area (Å²) in [6, 6.07) is 72.5. The lowest BCUT2D eigenvalue weighted by atomic mass is 9.95. The van der Waals surface area contributed by atoms with Gasteiger partial charge in [0.1, 0.15) is 11.2 Å². The summed E-state index contributed by atoms with van der Waals surface area (Å²) in [5.74, 6) is 0. The number of hydrogen-bond acceptors (Lipinski definition) is 3. The normalized spacial score (nSPS) is 11.6. The summed E-state index contributed by atoms with van der Waals surface area (Å²) in [4.78, 5) is 2.49. The van der Waals surface area contributed by atoms with Gasteiger partial charge in [0, 0.05) is 37.5 Å². The van der Waals surface area contributed by atoms with Gasteiger partial charge >= 0.3 is 0 Å². The minimum Gasteiger partial charge on any atom is -0.456 e. The molecule has 3 heteroatoms. The van der Waals surface area contributed by atoms with Gasteiger partial charge in [-0.25, -0.2) is 0 Å². The smallest absolute Gasteiger partial charge is 0.135 e. The van der Waals surface area contributed by atoms with E-state index in [9.17, 15) is 0 Å². The molecule has 11 rings (SSSR count). The monoisotopic (exact) mass is 719 g/mol. The summed E-state index contributed by atoms with van der Waals surface area (Å²) in [6.07, 6.45) is 0. The van der Waals surface area contributed by atoms with E-state index in [1.165, 1.54) is 53.2 Å². The molecule has 0 fully saturated rings. The zero-order valence-corrected chi connectivity index (χ0v) is 30.6. The molecule has 0 N–H and O–H groups in total. The van der Waals surface area contributed by atoms with Gasteiger partial charge in [-0.15, -0.1) is 11.3 Å². The van der Waals surface area contributed by atoms with E-state index in [1.54, 1.807) is 0 Å². The van der Waals surface area contributed by atoms with Crippen molar-refractivity contribution in [2.75, 3.05) is 4.90 Å². The number of fused-ring (bicyclic) bond motifs is 7. The fraction of sp³-hybridized carbons (Fsp3) is 0. The van der Waals surface area contributed by atoms with Crippen LogP contribution in [0.2, 0.25) is 0 Å². The summed E-state index contributed by atoms with van der Waals surface area (Å²) in [7, 11) is 0. The topological polar surface area (TPSA) is 16.4 Å². The summed E-state index contributed by atoms with van der Waals surface area (Å²) < 4.78 is 8.75. The number of rotatable bonds is 6. The molecule has 258 valence electrons. The van der Waals surface area contributed by atoms with Crippen molar-refractivity contribution in [3.05, 3.63) is 200 Å². The van der Waals surface area contributed by atoms with Gasteiger partial charge in [-0.05, 0) is 93.2 Å². The summed E-state index contributed by atoms with van der Waals surface area (Å²) in [6.45, 7) is 0. The first kappa shape index (κ1) is 31.6. The van der Waals surface area contributed by atoms with Crippen LogP contribution in [0.1, 0.15) is 0 Å². The first-order chi connectivity index (χ1) is 27.2. The molecule has 11 aromatic rings. The Bertz CT molecular complexity index is 3230. The van der Waals surface area contributed by atoms with Crippen LogP contribution in [-0.2, 0) is 0 Å². The molecule has 0 saturated heterocycles. The van der Waals surface area contributed by atoms with Gasteiger partial charge in [-0.3, -0.25) is 0 Å². The zero-order chi connectivity index (χ0) is 36.3. The lowest BCUT2D eigenvalue weighted by Gasteiger charge is -2.29. The molecule has 0 bridgehead atoms. The van der Waals surface area contributed by atoms with Crippen LogP contribution in [0.4, 0.5) is 17.1 Å². The Hall–Kier alpha value is -6.94. The molecule has 0 aliphatic carbocycles. The molecule has 0 spiro atoms. The lowest BCUT2D eigenvalue weighted by Crippen LogP contribution is -2.12. The van der Waals surface area contributed by atoms with Crippen LogP contribution < -0.4 is 4.90 Å². The van der Waals surface area contributed by atoms with E-state index in [4.69, 9.17) is 4.42 Å². The second-order valence-corrected chi connectivity index (χ2v) is 15.2. The van der Waals surface area contributed by atoms with Crippen molar-refractivity contribution in [2.45, 2.75) is 0 Å². The maximum Gasteiger partial charge on any atom is 0.135 e. The molecule has 0 unspecified atom stereocenters. The van der Waals surface area contributed by atoms with Crippen molar-refractivity contribution in [3.63, 3.8) is 0 Å². The standard InChI is InChI=1S/C52H33NOS/c1-2-13-35(14-3-1)42-28-26-40(38-25-24-34-12-4-5-15-36(34)30-38)33-48(42)53(47-21-11-20-45-44-19-7-9-23-51(44)55-52(45)47)41-17-10-16-37(31-41)39-27-29-50-46(32-39)43-18-6-8-22-49(43)54-50/h1-33H. The maximum absolute atomic E-state index is 6.21. The van der Waals surface area contributed by atoms with Gasteiger partial charge in [0.2, 0.25) is 0 Å². The quantitative estimate of drug-likeness (QED) is 0.170. The van der Waals surface area contributed by atoms with Crippen molar-refractivity contribution in [2.24, 2.45) is 0 Å². The van der Waals surface area contributed by atoms with Crippen molar-refractivity contribution < 1.29 is 4.42 Å². The van der Waals surface area contributed by atoms with Gasteiger partial charge in [0.15, 0.2) is 0 Å². The van der Waals surface area contributed by atoms with E-state index in [2.05, 4.69) is 193 Å². The van der Waals surface area contributed by atoms with Crippen molar-refractivity contribution in [1.29, 1.82) is 0 Å². The van der Waals surface area contributed by atoms with Gasteiger partial charge in [0.05, 0.1) is 16.1 Å². The van der Waals surface area contributed by atoms with Crippen molar-refractivity contribution >= 4 is 81.3 Å². The van der Waals surface area contributed by atoms with E-state index in [0.717, 1.165) is 50.1 Å². The van der Waals surface area contributed by atoms with Crippen LogP contribution in [0.3, 0.4) is 0 Å². The van der Waals surface area contributed by atoms with Gasteiger partial charge in [0.25, 0.3) is 0 Å². The fourth-order valence-corrected chi connectivity index (χ4v) is 9.38. The van der Waals surface area contributed by atoms with Crippen molar-refractivity contribution in [1.82, 2.24) is 0 Å². The number of benzene rings is 9. The predicted molar refractivity (Wildman–Crippen MR) is 235 cm³/mol. The Balaban J connectivity index is 1.17.